The summed E-state index contributed by atoms with van der Waals surface area (Å²) in [6.45, 7) is 3.21. The van der Waals surface area contributed by atoms with Gasteiger partial charge in [-0.2, -0.15) is 0 Å². The zero-order valence-electron chi connectivity index (χ0n) is 19.9. The Morgan fingerprint density at radius 3 is 2.41 bits per heavy atom. The van der Waals surface area contributed by atoms with Gasteiger partial charge >= 0.3 is 5.97 Å². The molecule has 1 aromatic heterocycles. The zero-order valence-corrected chi connectivity index (χ0v) is 20.7. The van der Waals surface area contributed by atoms with Crippen LogP contribution in [-0.4, -0.2) is 39.0 Å². The Labute approximate surface area is 205 Å². The molecule has 0 unspecified atom stereocenters. The molecule has 1 heterocycles. The minimum absolute atomic E-state index is 0.175. The lowest BCUT2D eigenvalue weighted by Gasteiger charge is -2.55. The standard InChI is InChI=1S/C26H34N4O3S/c1-2-33-23(31)17-34-25-29-28-22(30(25)9-8-18-6-4-3-5-7-18)16-27-24(32)26-13-19-10-20(14-26)12-21(11-19)15-26/h3-7,19-21H,2,8-17H2,1H3,(H,27,32). The van der Waals surface area contributed by atoms with Crippen molar-refractivity contribution < 1.29 is 14.3 Å². The predicted molar refractivity (Wildman–Crippen MR) is 130 cm³/mol. The molecule has 182 valence electrons. The molecular weight excluding hydrogens is 448 g/mol. The quantitative estimate of drug-likeness (QED) is 0.407. The van der Waals surface area contributed by atoms with E-state index in [1.54, 1.807) is 6.92 Å². The van der Waals surface area contributed by atoms with Crippen molar-refractivity contribution in [1.82, 2.24) is 20.1 Å². The van der Waals surface area contributed by atoms with Gasteiger partial charge in [-0.15, -0.1) is 10.2 Å². The van der Waals surface area contributed by atoms with Crippen molar-refractivity contribution in [1.29, 1.82) is 0 Å². The molecule has 1 N–H and O–H groups in total. The van der Waals surface area contributed by atoms with Gasteiger partial charge in [-0.05, 0) is 75.2 Å². The molecular formula is C26H34N4O3S. The molecule has 4 bridgehead atoms. The predicted octanol–water partition coefficient (Wildman–Crippen LogP) is 4.01. The van der Waals surface area contributed by atoms with Gasteiger partial charge in [-0.3, -0.25) is 9.59 Å². The molecule has 4 fully saturated rings. The molecule has 2 aromatic rings. The summed E-state index contributed by atoms with van der Waals surface area (Å²) >= 11 is 1.33. The first kappa shape index (κ1) is 23.4. The Morgan fingerprint density at radius 2 is 1.76 bits per heavy atom. The highest BCUT2D eigenvalue weighted by molar-refractivity contribution is 7.99. The van der Waals surface area contributed by atoms with Crippen molar-refractivity contribution in [3.63, 3.8) is 0 Å². The summed E-state index contributed by atoms with van der Waals surface area (Å²) in [7, 11) is 0. The Hall–Kier alpha value is -2.35. The molecule has 8 heteroatoms. The number of nitrogens with one attached hydrogen (secondary N) is 1. The average Bonchev–Trinajstić information content (AvgIpc) is 3.21. The van der Waals surface area contributed by atoms with Crippen molar-refractivity contribution in [2.24, 2.45) is 23.2 Å². The number of nitrogens with zero attached hydrogens (tertiary/aromatic N) is 3. The van der Waals surface area contributed by atoms with Gasteiger partial charge < -0.3 is 14.6 Å². The van der Waals surface area contributed by atoms with E-state index in [9.17, 15) is 9.59 Å². The summed E-state index contributed by atoms with van der Waals surface area (Å²) in [6, 6.07) is 10.3. The van der Waals surface area contributed by atoms with E-state index in [-0.39, 0.29) is 23.0 Å². The molecule has 0 atom stereocenters. The highest BCUT2D eigenvalue weighted by Gasteiger charge is 2.54. The Balaban J connectivity index is 1.27. The largest absolute Gasteiger partial charge is 0.465 e. The molecule has 7 nitrogen and oxygen atoms in total. The van der Waals surface area contributed by atoms with Crippen LogP contribution in [-0.2, 0) is 33.8 Å². The number of ether oxygens (including phenoxy) is 1. The Kier molecular flexibility index (Phi) is 6.95. The van der Waals surface area contributed by atoms with Gasteiger partial charge in [0.1, 0.15) is 0 Å². The number of thioether (sulfide) groups is 1. The summed E-state index contributed by atoms with van der Waals surface area (Å²) in [5.41, 5.74) is 1.05. The minimum Gasteiger partial charge on any atom is -0.465 e. The molecule has 0 radical (unpaired) electrons. The van der Waals surface area contributed by atoms with Gasteiger partial charge in [0.2, 0.25) is 5.91 Å². The molecule has 0 aliphatic heterocycles. The van der Waals surface area contributed by atoms with Crippen LogP contribution in [0.5, 0.6) is 0 Å². The molecule has 0 saturated heterocycles. The number of hydrogen-bond acceptors (Lipinski definition) is 6. The molecule has 4 aliphatic carbocycles. The van der Waals surface area contributed by atoms with Gasteiger partial charge in [0.15, 0.2) is 11.0 Å². The van der Waals surface area contributed by atoms with Crippen LogP contribution in [0.3, 0.4) is 0 Å². The fraction of sp³-hybridized carbons (Fsp3) is 0.615. The lowest BCUT2D eigenvalue weighted by Crippen LogP contribution is -2.53. The van der Waals surface area contributed by atoms with Gasteiger partial charge in [0.05, 0.1) is 18.9 Å². The number of esters is 1. The van der Waals surface area contributed by atoms with E-state index in [0.717, 1.165) is 49.3 Å². The summed E-state index contributed by atoms with van der Waals surface area (Å²) in [5.74, 6) is 3.07. The van der Waals surface area contributed by atoms with E-state index in [0.29, 0.717) is 24.9 Å². The third kappa shape index (κ3) is 5.02. The van der Waals surface area contributed by atoms with Crippen molar-refractivity contribution >= 4 is 23.6 Å². The van der Waals surface area contributed by atoms with Crippen molar-refractivity contribution in [3.05, 3.63) is 41.7 Å². The number of benzene rings is 1. The number of carbonyl (C=O) groups excluding carboxylic acids is 2. The molecule has 34 heavy (non-hydrogen) atoms. The maximum Gasteiger partial charge on any atom is 0.316 e. The topological polar surface area (TPSA) is 86.1 Å². The van der Waals surface area contributed by atoms with Crippen LogP contribution >= 0.6 is 11.8 Å². The zero-order chi connectivity index (χ0) is 23.5. The van der Waals surface area contributed by atoms with Gasteiger partial charge in [0, 0.05) is 12.0 Å². The van der Waals surface area contributed by atoms with Crippen LogP contribution in [0.2, 0.25) is 0 Å². The van der Waals surface area contributed by atoms with Crippen LogP contribution in [0, 0.1) is 23.2 Å². The summed E-state index contributed by atoms with van der Waals surface area (Å²) < 4.78 is 7.10. The van der Waals surface area contributed by atoms with Crippen LogP contribution in [0.1, 0.15) is 56.8 Å². The van der Waals surface area contributed by atoms with Gasteiger partial charge in [-0.1, -0.05) is 42.1 Å². The Bertz CT molecular complexity index is 987. The van der Waals surface area contributed by atoms with E-state index in [4.69, 9.17) is 4.74 Å². The fourth-order valence-electron chi connectivity index (χ4n) is 6.73. The molecule has 0 spiro atoms. The number of rotatable bonds is 10. The highest BCUT2D eigenvalue weighted by atomic mass is 32.2. The molecule has 1 amide bonds. The first-order valence-electron chi connectivity index (χ1n) is 12.6. The highest BCUT2D eigenvalue weighted by Crippen LogP contribution is 2.60. The van der Waals surface area contributed by atoms with Gasteiger partial charge in [-0.25, -0.2) is 0 Å². The van der Waals surface area contributed by atoms with Crippen LogP contribution in [0.15, 0.2) is 35.5 Å². The monoisotopic (exact) mass is 482 g/mol. The second-order valence-corrected chi connectivity index (χ2v) is 11.2. The third-order valence-corrected chi connectivity index (χ3v) is 8.75. The smallest absolute Gasteiger partial charge is 0.316 e. The molecule has 4 aliphatic rings. The number of aryl methyl sites for hydroxylation is 1. The fourth-order valence-corrected chi connectivity index (χ4v) is 7.51. The summed E-state index contributed by atoms with van der Waals surface area (Å²) in [4.78, 5) is 25.3. The SMILES string of the molecule is CCOC(=O)CSc1nnc(CNC(=O)C23CC4CC(CC(C4)C2)C3)n1CCc1ccccc1. The van der Waals surface area contributed by atoms with Crippen LogP contribution in [0.4, 0.5) is 0 Å². The number of amides is 1. The van der Waals surface area contributed by atoms with Crippen LogP contribution < -0.4 is 5.32 Å². The molecule has 4 saturated carbocycles. The first-order chi connectivity index (χ1) is 16.5. The van der Waals surface area contributed by atoms with Gasteiger partial charge in [0.25, 0.3) is 0 Å². The van der Waals surface area contributed by atoms with Crippen LogP contribution in [0.25, 0.3) is 0 Å². The van der Waals surface area contributed by atoms with Crippen molar-refractivity contribution in [2.75, 3.05) is 12.4 Å². The average molecular weight is 483 g/mol. The first-order valence-corrected chi connectivity index (χ1v) is 13.6. The molecule has 1 aromatic carbocycles. The van der Waals surface area contributed by atoms with E-state index in [2.05, 4.69) is 27.6 Å². The minimum atomic E-state index is -0.262. The lowest BCUT2D eigenvalue weighted by atomic mass is 9.49. The second kappa shape index (κ2) is 10.1. The number of hydrogen-bond donors (Lipinski definition) is 1. The normalized spacial score (nSPS) is 27.0. The third-order valence-electron chi connectivity index (χ3n) is 7.81. The van der Waals surface area contributed by atoms with E-state index >= 15 is 0 Å². The number of carbonyl (C=O) groups is 2. The Morgan fingerprint density at radius 1 is 1.09 bits per heavy atom. The maximum atomic E-state index is 13.4. The van der Waals surface area contributed by atoms with E-state index in [1.165, 1.54) is 36.6 Å². The molecule has 6 rings (SSSR count). The van der Waals surface area contributed by atoms with E-state index < -0.39 is 0 Å². The van der Waals surface area contributed by atoms with E-state index in [1.807, 2.05) is 22.8 Å². The maximum absolute atomic E-state index is 13.4. The van der Waals surface area contributed by atoms with Crippen molar-refractivity contribution in [3.8, 4) is 0 Å². The van der Waals surface area contributed by atoms with Crippen molar-refractivity contribution in [2.45, 2.75) is 70.1 Å². The second-order valence-electron chi connectivity index (χ2n) is 10.3. The summed E-state index contributed by atoms with van der Waals surface area (Å²) in [5, 5.41) is 12.7. The lowest BCUT2D eigenvalue weighted by molar-refractivity contribution is -0.146. The summed E-state index contributed by atoms with van der Waals surface area (Å²) in [6.07, 6.45) is 7.93. The number of aromatic nitrogens is 3.